The maximum Gasteiger partial charge on any atom is 0.252 e. The van der Waals surface area contributed by atoms with Gasteiger partial charge in [-0.3, -0.25) is 0 Å². The first-order chi connectivity index (χ1) is 27.3. The van der Waals surface area contributed by atoms with E-state index in [-0.39, 0.29) is 17.5 Å². The molecule has 2 spiro atoms. The van der Waals surface area contributed by atoms with Gasteiger partial charge in [0.2, 0.25) is 0 Å². The summed E-state index contributed by atoms with van der Waals surface area (Å²) in [6.45, 7) is 0.0771. The van der Waals surface area contributed by atoms with Crippen LogP contribution in [0.2, 0.25) is 0 Å². The van der Waals surface area contributed by atoms with Crippen molar-refractivity contribution in [1.82, 2.24) is 0 Å². The van der Waals surface area contributed by atoms with E-state index in [4.69, 9.17) is 0 Å². The zero-order chi connectivity index (χ0) is 35.9. The average Bonchev–Trinajstić information content (AvgIpc) is 4.05. The first kappa shape index (κ1) is 30.5. The molecule has 55 heavy (non-hydrogen) atoms. The first-order valence-electron chi connectivity index (χ1n) is 20.7. The fourth-order valence-corrected chi connectivity index (χ4v) is 12.7. The van der Waals surface area contributed by atoms with Gasteiger partial charge in [-0.05, 0) is 135 Å². The molecule has 0 radical (unpaired) electrons. The van der Waals surface area contributed by atoms with Crippen LogP contribution < -0.4 is 26.2 Å². The molecule has 4 aliphatic carbocycles. The molecule has 0 N–H and O–H groups in total. The van der Waals surface area contributed by atoms with Crippen molar-refractivity contribution < 1.29 is 0 Å². The molecule has 0 bridgehead atoms. The number of para-hydroxylation sites is 2. The molecule has 0 amide bonds. The third-order valence-corrected chi connectivity index (χ3v) is 14.7. The number of benzene rings is 7. The van der Waals surface area contributed by atoms with Gasteiger partial charge in [-0.25, -0.2) is 0 Å². The summed E-state index contributed by atoms with van der Waals surface area (Å²) in [4.78, 5) is 5.19. The quantitative estimate of drug-likeness (QED) is 0.165. The Morgan fingerprint density at radius 2 is 0.909 bits per heavy atom. The van der Waals surface area contributed by atoms with Crippen molar-refractivity contribution in [2.24, 2.45) is 0 Å². The Balaban J connectivity index is 1.18. The van der Waals surface area contributed by atoms with E-state index in [0.29, 0.717) is 0 Å². The second-order valence-corrected chi connectivity index (χ2v) is 17.0. The van der Waals surface area contributed by atoms with Gasteiger partial charge >= 0.3 is 0 Å². The summed E-state index contributed by atoms with van der Waals surface area (Å²) in [7, 11) is 0. The van der Waals surface area contributed by atoms with Crippen molar-refractivity contribution in [1.29, 1.82) is 0 Å². The molecule has 0 aromatic heterocycles. The van der Waals surface area contributed by atoms with Gasteiger partial charge in [-0.15, -0.1) is 0 Å². The summed E-state index contributed by atoms with van der Waals surface area (Å²) in [6.07, 6.45) is 10.1. The Morgan fingerprint density at radius 3 is 1.56 bits per heavy atom. The molecular formula is C52H41BN2. The largest absolute Gasteiger partial charge is 0.311 e. The Kier molecular flexibility index (Phi) is 6.06. The van der Waals surface area contributed by atoms with Gasteiger partial charge in [-0.2, -0.15) is 0 Å². The lowest BCUT2D eigenvalue weighted by atomic mass is 9.32. The van der Waals surface area contributed by atoms with E-state index in [1.54, 1.807) is 22.3 Å². The van der Waals surface area contributed by atoms with Gasteiger partial charge in [-0.1, -0.05) is 129 Å². The minimum absolute atomic E-state index is 0.0771. The van der Waals surface area contributed by atoms with E-state index >= 15 is 0 Å². The summed E-state index contributed by atoms with van der Waals surface area (Å²) in [6, 6.07) is 58.6. The lowest BCUT2D eigenvalue weighted by Gasteiger charge is -2.45. The van der Waals surface area contributed by atoms with Gasteiger partial charge in [0.1, 0.15) is 0 Å². The zero-order valence-electron chi connectivity index (χ0n) is 31.1. The minimum atomic E-state index is 0.0771. The van der Waals surface area contributed by atoms with Gasteiger partial charge < -0.3 is 9.80 Å². The van der Waals surface area contributed by atoms with Crippen molar-refractivity contribution in [3.05, 3.63) is 174 Å². The van der Waals surface area contributed by atoms with E-state index in [9.17, 15) is 0 Å². The van der Waals surface area contributed by atoms with Gasteiger partial charge in [0.25, 0.3) is 6.71 Å². The van der Waals surface area contributed by atoms with Gasteiger partial charge in [0, 0.05) is 45.0 Å². The van der Waals surface area contributed by atoms with Crippen molar-refractivity contribution in [3.8, 4) is 22.3 Å². The molecule has 2 fully saturated rings. The zero-order valence-corrected chi connectivity index (χ0v) is 31.1. The number of anilines is 6. The van der Waals surface area contributed by atoms with Crippen molar-refractivity contribution in [2.75, 3.05) is 9.80 Å². The van der Waals surface area contributed by atoms with Crippen molar-refractivity contribution >= 4 is 57.2 Å². The molecule has 0 unspecified atom stereocenters. The smallest absolute Gasteiger partial charge is 0.252 e. The predicted molar refractivity (Wildman–Crippen MR) is 230 cm³/mol. The number of hydrogen-bond donors (Lipinski definition) is 0. The minimum Gasteiger partial charge on any atom is -0.311 e. The van der Waals surface area contributed by atoms with Crippen LogP contribution in [0.4, 0.5) is 34.1 Å². The van der Waals surface area contributed by atoms with Crippen molar-refractivity contribution in [3.63, 3.8) is 0 Å². The van der Waals surface area contributed by atoms with E-state index in [0.717, 1.165) is 0 Å². The van der Waals surface area contributed by atoms with Crippen LogP contribution in [0.25, 0.3) is 22.3 Å². The highest BCUT2D eigenvalue weighted by Crippen LogP contribution is 2.60. The van der Waals surface area contributed by atoms with E-state index in [1.807, 2.05) is 0 Å². The number of fused-ring (bicyclic) bond motifs is 15. The second kappa shape index (κ2) is 10.9. The van der Waals surface area contributed by atoms with Crippen LogP contribution in [0, 0.1) is 0 Å². The Labute approximate surface area is 324 Å². The lowest BCUT2D eigenvalue weighted by Crippen LogP contribution is -2.62. The first-order valence-corrected chi connectivity index (χ1v) is 20.7. The fraction of sp³-hybridized carbons (Fsp3) is 0.192. The lowest BCUT2D eigenvalue weighted by molar-refractivity contribution is 0.550. The van der Waals surface area contributed by atoms with Crippen LogP contribution in [0.15, 0.2) is 152 Å². The van der Waals surface area contributed by atoms with Crippen LogP contribution in [-0.4, -0.2) is 6.71 Å². The highest BCUT2D eigenvalue weighted by molar-refractivity contribution is 7.01. The standard InChI is InChI=1S/C52H41BN2/c1-3-16-34(17-4-1)54-44-24-15-25-45-49(44)53(50-46(54)27-26-41-48(50)37-21-8-10-23-40(37)51(41)28-11-12-29-51)43-32-38-36-20-7-9-22-39(36)52(30-13-14-31-52)42(38)33-47(43)55(45)35-18-5-2-6-19-35/h1-10,15-27,32-33H,11-14,28-31H2. The molecule has 262 valence electrons. The molecule has 2 saturated carbocycles. The molecule has 3 heteroatoms. The van der Waals surface area contributed by atoms with E-state index < -0.39 is 0 Å². The predicted octanol–water partition coefficient (Wildman–Crippen LogP) is 11.5. The number of hydrogen-bond acceptors (Lipinski definition) is 2. The summed E-state index contributed by atoms with van der Waals surface area (Å²) in [5, 5.41) is 0. The Hall–Kier alpha value is -5.80. The maximum atomic E-state index is 2.67. The van der Waals surface area contributed by atoms with Crippen molar-refractivity contribution in [2.45, 2.75) is 62.2 Å². The number of rotatable bonds is 2. The van der Waals surface area contributed by atoms with Gasteiger partial charge in [0.05, 0.1) is 0 Å². The Bertz CT molecular complexity index is 2740. The molecule has 2 nitrogen and oxygen atoms in total. The third kappa shape index (κ3) is 3.77. The maximum absolute atomic E-state index is 2.67. The third-order valence-electron chi connectivity index (χ3n) is 14.7. The van der Waals surface area contributed by atoms with Crippen LogP contribution >= 0.6 is 0 Å². The molecule has 13 rings (SSSR count). The highest BCUT2D eigenvalue weighted by atomic mass is 15.2. The molecule has 0 atom stereocenters. The van der Waals surface area contributed by atoms with Crippen LogP contribution in [-0.2, 0) is 10.8 Å². The second-order valence-electron chi connectivity index (χ2n) is 17.0. The van der Waals surface area contributed by atoms with E-state index in [2.05, 4.69) is 161 Å². The monoisotopic (exact) mass is 704 g/mol. The highest BCUT2D eigenvalue weighted by Gasteiger charge is 2.52. The average molecular weight is 705 g/mol. The molecule has 2 heterocycles. The normalized spacial score (nSPS) is 18.1. The van der Waals surface area contributed by atoms with E-state index in [1.165, 1.54) is 124 Å². The van der Waals surface area contributed by atoms with Gasteiger partial charge in [0.15, 0.2) is 0 Å². The van der Waals surface area contributed by atoms with Crippen LogP contribution in [0.1, 0.15) is 73.6 Å². The molecule has 0 saturated heterocycles. The molecule has 7 aromatic carbocycles. The summed E-state index contributed by atoms with van der Waals surface area (Å²) in [5.41, 5.74) is 24.2. The molecule has 2 aliphatic heterocycles. The molecule has 6 aliphatic rings. The summed E-state index contributed by atoms with van der Waals surface area (Å²) < 4.78 is 0. The SMILES string of the molecule is c1ccc(N2c3cc4c(cc3B3c5c2cccc5N(c2ccccc2)c2ccc5c(c23)-c2ccccc2C52CCCC2)-c2ccccc2C42CCCC2)cc1. The Morgan fingerprint density at radius 1 is 0.382 bits per heavy atom. The summed E-state index contributed by atoms with van der Waals surface area (Å²) >= 11 is 0. The molecular weight excluding hydrogens is 663 g/mol. The topological polar surface area (TPSA) is 6.48 Å². The number of nitrogens with zero attached hydrogens (tertiary/aromatic N) is 2. The van der Waals surface area contributed by atoms with Crippen LogP contribution in [0.3, 0.4) is 0 Å². The fourth-order valence-electron chi connectivity index (χ4n) is 12.7. The molecule has 7 aromatic rings. The summed E-state index contributed by atoms with van der Waals surface area (Å²) in [5.74, 6) is 0. The van der Waals surface area contributed by atoms with Crippen LogP contribution in [0.5, 0.6) is 0 Å².